The zero-order valence-electron chi connectivity index (χ0n) is 7.77. The van der Waals surface area contributed by atoms with Gasteiger partial charge in [0.1, 0.15) is 0 Å². The minimum atomic E-state index is 0.383. The molecule has 1 aromatic heterocycles. The molecule has 1 aliphatic rings. The van der Waals surface area contributed by atoms with E-state index in [0.29, 0.717) is 12.0 Å². The van der Waals surface area contributed by atoms with Crippen molar-refractivity contribution in [2.45, 2.75) is 6.04 Å². The van der Waals surface area contributed by atoms with Crippen molar-refractivity contribution in [1.29, 1.82) is 0 Å². The molecule has 5 nitrogen and oxygen atoms in total. The molecular formula is C7H13N5S. The van der Waals surface area contributed by atoms with Gasteiger partial charge in [-0.05, 0) is 14.1 Å². The fourth-order valence-electron chi connectivity index (χ4n) is 1.29. The molecule has 1 saturated heterocycles. The summed E-state index contributed by atoms with van der Waals surface area (Å²) < 4.78 is 3.94. The standard InChI is InChI=1S/C7H13N5S/c1-11(2)5-3-12(4-5)7-9-6(8)10-13-7/h5H,3-4H2,1-2H3,(H2,8,10). The Labute approximate surface area is 81.3 Å². The van der Waals surface area contributed by atoms with Crippen LogP contribution in [0.1, 0.15) is 0 Å². The highest BCUT2D eigenvalue weighted by molar-refractivity contribution is 7.09. The van der Waals surface area contributed by atoms with Gasteiger partial charge in [0.25, 0.3) is 0 Å². The minimum absolute atomic E-state index is 0.383. The summed E-state index contributed by atoms with van der Waals surface area (Å²) in [5, 5.41) is 0.940. The van der Waals surface area contributed by atoms with E-state index in [9.17, 15) is 0 Å². The summed E-state index contributed by atoms with van der Waals surface area (Å²) in [5.74, 6) is 0.383. The molecule has 0 aromatic carbocycles. The second kappa shape index (κ2) is 3.12. The Hall–Kier alpha value is -0.880. The Bertz CT molecular complexity index is 291. The Morgan fingerprint density at radius 2 is 2.23 bits per heavy atom. The van der Waals surface area contributed by atoms with Gasteiger partial charge in [0.15, 0.2) is 0 Å². The van der Waals surface area contributed by atoms with Crippen molar-refractivity contribution < 1.29 is 0 Å². The molecule has 0 spiro atoms. The van der Waals surface area contributed by atoms with Crippen molar-refractivity contribution in [1.82, 2.24) is 14.3 Å². The van der Waals surface area contributed by atoms with Crippen molar-refractivity contribution in [2.75, 3.05) is 37.8 Å². The highest BCUT2D eigenvalue weighted by Gasteiger charge is 2.30. The third-order valence-electron chi connectivity index (χ3n) is 2.29. The molecule has 0 saturated carbocycles. The maximum atomic E-state index is 5.44. The van der Waals surface area contributed by atoms with Crippen LogP contribution in [0.3, 0.4) is 0 Å². The molecule has 0 radical (unpaired) electrons. The first-order chi connectivity index (χ1) is 6.16. The van der Waals surface area contributed by atoms with E-state index in [0.717, 1.165) is 18.2 Å². The van der Waals surface area contributed by atoms with E-state index < -0.39 is 0 Å². The monoisotopic (exact) mass is 199 g/mol. The second-order valence-electron chi connectivity index (χ2n) is 3.46. The lowest BCUT2D eigenvalue weighted by Gasteiger charge is -2.42. The molecular weight excluding hydrogens is 186 g/mol. The van der Waals surface area contributed by atoms with Crippen LogP contribution in [0.2, 0.25) is 0 Å². The number of nitrogens with two attached hydrogens (primary N) is 1. The lowest BCUT2D eigenvalue weighted by molar-refractivity contribution is 0.247. The predicted molar refractivity (Wildman–Crippen MR) is 54.0 cm³/mol. The van der Waals surface area contributed by atoms with E-state index in [1.165, 1.54) is 11.5 Å². The Morgan fingerprint density at radius 3 is 2.69 bits per heavy atom. The first-order valence-corrected chi connectivity index (χ1v) is 4.94. The van der Waals surface area contributed by atoms with Crippen molar-refractivity contribution in [3.8, 4) is 0 Å². The van der Waals surface area contributed by atoms with E-state index in [-0.39, 0.29) is 0 Å². The largest absolute Gasteiger partial charge is 0.367 e. The summed E-state index contributed by atoms with van der Waals surface area (Å²) in [4.78, 5) is 8.54. The van der Waals surface area contributed by atoms with Crippen LogP contribution in [0.15, 0.2) is 0 Å². The van der Waals surface area contributed by atoms with Gasteiger partial charge in [0, 0.05) is 30.7 Å². The molecule has 1 aromatic rings. The maximum absolute atomic E-state index is 5.44. The summed E-state index contributed by atoms with van der Waals surface area (Å²) in [7, 11) is 4.19. The van der Waals surface area contributed by atoms with Crippen LogP contribution in [0.25, 0.3) is 0 Å². The number of aromatic nitrogens is 2. The normalized spacial score (nSPS) is 17.9. The summed E-state index contributed by atoms with van der Waals surface area (Å²) in [6, 6.07) is 0.644. The average Bonchev–Trinajstić information content (AvgIpc) is 2.31. The number of nitrogens with zero attached hydrogens (tertiary/aromatic N) is 4. The van der Waals surface area contributed by atoms with E-state index in [2.05, 4.69) is 33.3 Å². The molecule has 0 unspecified atom stereocenters. The van der Waals surface area contributed by atoms with Gasteiger partial charge in [-0.25, -0.2) is 0 Å². The molecule has 0 amide bonds. The van der Waals surface area contributed by atoms with Gasteiger partial charge < -0.3 is 15.5 Å². The molecule has 72 valence electrons. The Balaban J connectivity index is 1.93. The molecule has 1 fully saturated rings. The van der Waals surface area contributed by atoms with Gasteiger partial charge in [-0.15, -0.1) is 0 Å². The van der Waals surface area contributed by atoms with Crippen molar-refractivity contribution in [2.24, 2.45) is 0 Å². The first-order valence-electron chi connectivity index (χ1n) is 4.17. The first kappa shape index (κ1) is 8.71. The number of hydrogen-bond acceptors (Lipinski definition) is 6. The fourth-order valence-corrected chi connectivity index (χ4v) is 1.91. The molecule has 2 rings (SSSR count). The fraction of sp³-hybridized carbons (Fsp3) is 0.714. The topological polar surface area (TPSA) is 58.3 Å². The Kier molecular flexibility index (Phi) is 2.09. The maximum Gasteiger partial charge on any atom is 0.233 e. The van der Waals surface area contributed by atoms with Crippen LogP contribution < -0.4 is 10.6 Å². The van der Waals surface area contributed by atoms with Gasteiger partial charge >= 0.3 is 0 Å². The van der Waals surface area contributed by atoms with E-state index >= 15 is 0 Å². The molecule has 0 atom stereocenters. The molecule has 6 heteroatoms. The number of rotatable bonds is 2. The number of likely N-dealkylation sites (N-methyl/N-ethyl adjacent to an activating group) is 1. The summed E-state index contributed by atoms with van der Waals surface area (Å²) >= 11 is 1.37. The Morgan fingerprint density at radius 1 is 1.54 bits per heavy atom. The number of hydrogen-bond donors (Lipinski definition) is 1. The van der Waals surface area contributed by atoms with Crippen LogP contribution in [0.4, 0.5) is 11.1 Å². The van der Waals surface area contributed by atoms with Crippen molar-refractivity contribution >= 4 is 22.6 Å². The summed E-state index contributed by atoms with van der Waals surface area (Å²) in [6.45, 7) is 2.06. The van der Waals surface area contributed by atoms with E-state index in [4.69, 9.17) is 5.73 Å². The smallest absolute Gasteiger partial charge is 0.233 e. The zero-order chi connectivity index (χ0) is 9.42. The quantitative estimate of drug-likeness (QED) is 0.719. The number of anilines is 2. The lowest BCUT2D eigenvalue weighted by Crippen LogP contribution is -2.57. The molecule has 2 heterocycles. The third kappa shape index (κ3) is 1.59. The van der Waals surface area contributed by atoms with E-state index in [1.54, 1.807) is 0 Å². The molecule has 0 bridgehead atoms. The van der Waals surface area contributed by atoms with Crippen LogP contribution >= 0.6 is 11.5 Å². The van der Waals surface area contributed by atoms with Gasteiger partial charge in [0.2, 0.25) is 11.1 Å². The predicted octanol–water partition coefficient (Wildman–Crippen LogP) is -0.130. The van der Waals surface area contributed by atoms with Gasteiger partial charge in [-0.1, -0.05) is 0 Å². The van der Waals surface area contributed by atoms with E-state index in [1.807, 2.05) is 0 Å². The third-order valence-corrected chi connectivity index (χ3v) is 3.09. The van der Waals surface area contributed by atoms with Crippen LogP contribution in [-0.4, -0.2) is 47.5 Å². The van der Waals surface area contributed by atoms with Gasteiger partial charge in [-0.2, -0.15) is 9.36 Å². The van der Waals surface area contributed by atoms with Crippen molar-refractivity contribution in [3.63, 3.8) is 0 Å². The molecule has 0 aliphatic carbocycles. The zero-order valence-corrected chi connectivity index (χ0v) is 8.58. The van der Waals surface area contributed by atoms with Crippen molar-refractivity contribution in [3.05, 3.63) is 0 Å². The van der Waals surface area contributed by atoms with Crippen LogP contribution in [0.5, 0.6) is 0 Å². The summed E-state index contributed by atoms with van der Waals surface area (Å²) in [5.41, 5.74) is 5.44. The van der Waals surface area contributed by atoms with Crippen LogP contribution in [0, 0.1) is 0 Å². The summed E-state index contributed by atoms with van der Waals surface area (Å²) in [6.07, 6.45) is 0. The second-order valence-corrected chi connectivity index (χ2v) is 4.19. The average molecular weight is 199 g/mol. The van der Waals surface area contributed by atoms with Crippen LogP contribution in [-0.2, 0) is 0 Å². The highest BCUT2D eigenvalue weighted by Crippen LogP contribution is 2.24. The SMILES string of the molecule is CN(C)C1CN(c2nc(N)ns2)C1. The number of nitrogen functional groups attached to an aromatic ring is 1. The molecule has 2 N–H and O–H groups in total. The minimum Gasteiger partial charge on any atom is -0.367 e. The van der Waals surface area contributed by atoms with Gasteiger partial charge in [0.05, 0.1) is 0 Å². The highest BCUT2D eigenvalue weighted by atomic mass is 32.1. The lowest BCUT2D eigenvalue weighted by atomic mass is 10.1. The molecule has 1 aliphatic heterocycles. The molecule has 13 heavy (non-hydrogen) atoms. The van der Waals surface area contributed by atoms with Gasteiger partial charge in [-0.3, -0.25) is 0 Å².